The van der Waals surface area contributed by atoms with Gasteiger partial charge < -0.3 is 20.9 Å². The lowest BCUT2D eigenvalue weighted by molar-refractivity contribution is -0.132. The van der Waals surface area contributed by atoms with E-state index in [1.54, 1.807) is 0 Å². The summed E-state index contributed by atoms with van der Waals surface area (Å²) < 4.78 is 0. The molecule has 0 aliphatic carbocycles. The minimum Gasteiger partial charge on any atom is -0.340 e. The van der Waals surface area contributed by atoms with Crippen LogP contribution in [0.2, 0.25) is 0 Å². The summed E-state index contributed by atoms with van der Waals surface area (Å²) in [4.78, 5) is 28.2. The Morgan fingerprint density at radius 3 is 2.48 bits per heavy atom. The molecule has 1 aromatic rings. The Labute approximate surface area is 161 Å². The largest absolute Gasteiger partial charge is 0.340 e. The van der Waals surface area contributed by atoms with Crippen LogP contribution in [-0.4, -0.2) is 61.4 Å². The minimum absolute atomic E-state index is 0. The second-order valence-corrected chi connectivity index (χ2v) is 6.00. The highest BCUT2D eigenvalue weighted by molar-refractivity contribution is 5.91. The van der Waals surface area contributed by atoms with Crippen LogP contribution in [0, 0.1) is 0 Å². The molecule has 1 aromatic carbocycles. The third-order valence-electron chi connectivity index (χ3n) is 4.03. The van der Waals surface area contributed by atoms with Gasteiger partial charge in [0.2, 0.25) is 11.8 Å². The lowest BCUT2D eigenvalue weighted by Gasteiger charge is -2.32. The summed E-state index contributed by atoms with van der Waals surface area (Å²) in [6.45, 7) is 3.91. The topological polar surface area (TPSA) is 78.7 Å². The van der Waals surface area contributed by atoms with Crippen molar-refractivity contribution in [3.05, 3.63) is 29.8 Å². The number of likely N-dealkylation sites (N-methyl/N-ethyl adjacent to an activating group) is 1. The van der Waals surface area contributed by atoms with Crippen LogP contribution in [0.25, 0.3) is 0 Å². The fourth-order valence-electron chi connectivity index (χ4n) is 2.59. The van der Waals surface area contributed by atoms with E-state index in [4.69, 9.17) is 5.73 Å². The van der Waals surface area contributed by atoms with Gasteiger partial charge in [-0.2, -0.15) is 0 Å². The van der Waals surface area contributed by atoms with Gasteiger partial charge in [-0.25, -0.2) is 0 Å². The number of carbonyl (C=O) groups excluding carboxylic acids is 2. The highest BCUT2D eigenvalue weighted by Gasteiger charge is 2.19. The van der Waals surface area contributed by atoms with E-state index in [1.165, 1.54) is 0 Å². The van der Waals surface area contributed by atoms with Gasteiger partial charge in [-0.05, 0) is 37.7 Å². The fourth-order valence-corrected chi connectivity index (χ4v) is 2.59. The standard InChI is InChI=1S/C17H26N4O2.2ClH/c1-20-8-10-21(11-9-20)17(23)13-14-4-2-5-15(12-14)19-16(22)6-3-7-18;;/h2,4-5,12H,3,6-11,13,18H2,1H3,(H,19,22);2*1H. The maximum atomic E-state index is 12.4. The van der Waals surface area contributed by atoms with E-state index in [2.05, 4.69) is 17.3 Å². The third-order valence-corrected chi connectivity index (χ3v) is 4.03. The Hall–Kier alpha value is -1.34. The van der Waals surface area contributed by atoms with Crippen molar-refractivity contribution in [2.45, 2.75) is 19.3 Å². The zero-order chi connectivity index (χ0) is 16.7. The number of nitrogens with zero attached hydrogens (tertiary/aromatic N) is 2. The number of halogens is 2. The second-order valence-electron chi connectivity index (χ2n) is 6.00. The molecule has 1 saturated heterocycles. The molecule has 142 valence electrons. The first-order valence-electron chi connectivity index (χ1n) is 8.13. The van der Waals surface area contributed by atoms with Crippen LogP contribution in [0.15, 0.2) is 24.3 Å². The minimum atomic E-state index is -0.0435. The molecule has 0 aromatic heterocycles. The van der Waals surface area contributed by atoms with Crippen molar-refractivity contribution in [3.8, 4) is 0 Å². The van der Waals surface area contributed by atoms with Crippen molar-refractivity contribution in [2.75, 3.05) is 45.1 Å². The second kappa shape index (κ2) is 12.1. The van der Waals surface area contributed by atoms with Gasteiger partial charge in [0.1, 0.15) is 0 Å². The van der Waals surface area contributed by atoms with E-state index in [0.29, 0.717) is 25.8 Å². The smallest absolute Gasteiger partial charge is 0.227 e. The molecule has 2 amide bonds. The van der Waals surface area contributed by atoms with Crippen LogP contribution in [-0.2, 0) is 16.0 Å². The molecule has 6 nitrogen and oxygen atoms in total. The van der Waals surface area contributed by atoms with Crippen molar-refractivity contribution in [1.82, 2.24) is 9.80 Å². The SMILES string of the molecule is CN1CCN(C(=O)Cc2cccc(NC(=O)CCCN)c2)CC1.Cl.Cl. The number of carbonyl (C=O) groups is 2. The maximum absolute atomic E-state index is 12.4. The monoisotopic (exact) mass is 390 g/mol. The molecule has 0 bridgehead atoms. The van der Waals surface area contributed by atoms with Crippen LogP contribution in [0.1, 0.15) is 18.4 Å². The van der Waals surface area contributed by atoms with Gasteiger partial charge >= 0.3 is 0 Å². The number of hydrogen-bond acceptors (Lipinski definition) is 4. The molecule has 0 unspecified atom stereocenters. The summed E-state index contributed by atoms with van der Waals surface area (Å²) in [5, 5.41) is 2.85. The Morgan fingerprint density at radius 1 is 1.16 bits per heavy atom. The first-order valence-corrected chi connectivity index (χ1v) is 8.13. The molecule has 25 heavy (non-hydrogen) atoms. The first-order chi connectivity index (χ1) is 11.1. The Morgan fingerprint density at radius 2 is 1.84 bits per heavy atom. The number of nitrogens with two attached hydrogens (primary N) is 1. The molecule has 1 aliphatic heterocycles. The molecule has 0 atom stereocenters. The highest BCUT2D eigenvalue weighted by atomic mass is 35.5. The average Bonchev–Trinajstić information content (AvgIpc) is 2.54. The van der Waals surface area contributed by atoms with E-state index in [-0.39, 0.29) is 36.6 Å². The summed E-state index contributed by atoms with van der Waals surface area (Å²) in [6, 6.07) is 7.49. The van der Waals surface area contributed by atoms with E-state index in [1.807, 2.05) is 29.2 Å². The number of nitrogens with one attached hydrogen (secondary N) is 1. The zero-order valence-corrected chi connectivity index (χ0v) is 16.2. The molecule has 1 aliphatic rings. The molecule has 0 saturated carbocycles. The van der Waals surface area contributed by atoms with Gasteiger partial charge in [0.25, 0.3) is 0 Å². The molecular weight excluding hydrogens is 363 g/mol. The van der Waals surface area contributed by atoms with Crippen LogP contribution in [0.3, 0.4) is 0 Å². The van der Waals surface area contributed by atoms with Crippen LogP contribution >= 0.6 is 24.8 Å². The van der Waals surface area contributed by atoms with Crippen LogP contribution in [0.4, 0.5) is 5.69 Å². The zero-order valence-electron chi connectivity index (χ0n) is 14.6. The Bertz CT molecular complexity index is 549. The first kappa shape index (κ1) is 23.7. The molecule has 0 radical (unpaired) electrons. The number of piperazine rings is 1. The van der Waals surface area contributed by atoms with Crippen LogP contribution in [0.5, 0.6) is 0 Å². The van der Waals surface area contributed by atoms with Gasteiger partial charge in [0.05, 0.1) is 6.42 Å². The molecule has 3 N–H and O–H groups in total. The van der Waals surface area contributed by atoms with E-state index >= 15 is 0 Å². The summed E-state index contributed by atoms with van der Waals surface area (Å²) >= 11 is 0. The fraction of sp³-hybridized carbons (Fsp3) is 0.529. The van der Waals surface area contributed by atoms with Crippen molar-refractivity contribution in [1.29, 1.82) is 0 Å². The van der Waals surface area contributed by atoms with Crippen molar-refractivity contribution in [2.24, 2.45) is 5.73 Å². The van der Waals surface area contributed by atoms with Crippen LogP contribution < -0.4 is 11.1 Å². The van der Waals surface area contributed by atoms with E-state index in [0.717, 1.165) is 37.4 Å². The number of rotatable bonds is 6. The van der Waals surface area contributed by atoms with Crippen molar-refractivity contribution >= 4 is 42.3 Å². The number of hydrogen-bond donors (Lipinski definition) is 2. The average molecular weight is 391 g/mol. The molecule has 1 fully saturated rings. The van der Waals surface area contributed by atoms with Gasteiger partial charge in [-0.3, -0.25) is 9.59 Å². The molecule has 0 spiro atoms. The number of anilines is 1. The Balaban J connectivity index is 0.00000288. The molecule has 2 rings (SSSR count). The van der Waals surface area contributed by atoms with Crippen molar-refractivity contribution in [3.63, 3.8) is 0 Å². The summed E-state index contributed by atoms with van der Waals surface area (Å²) in [5.74, 6) is 0.0997. The quantitative estimate of drug-likeness (QED) is 0.771. The maximum Gasteiger partial charge on any atom is 0.227 e. The predicted octanol–water partition coefficient (Wildman–Crippen LogP) is 1.52. The van der Waals surface area contributed by atoms with Crippen molar-refractivity contribution < 1.29 is 9.59 Å². The normalized spacial score (nSPS) is 14.2. The van der Waals surface area contributed by atoms with Gasteiger partial charge in [0, 0.05) is 38.3 Å². The van der Waals surface area contributed by atoms with Gasteiger partial charge in [0.15, 0.2) is 0 Å². The summed E-state index contributed by atoms with van der Waals surface area (Å²) in [7, 11) is 2.07. The Kier molecular flexibility index (Phi) is 11.4. The highest BCUT2D eigenvalue weighted by Crippen LogP contribution is 2.13. The lowest BCUT2D eigenvalue weighted by atomic mass is 10.1. The molecule has 1 heterocycles. The molecule has 8 heteroatoms. The van der Waals surface area contributed by atoms with E-state index in [9.17, 15) is 9.59 Å². The van der Waals surface area contributed by atoms with Gasteiger partial charge in [-0.1, -0.05) is 12.1 Å². The number of benzene rings is 1. The van der Waals surface area contributed by atoms with E-state index < -0.39 is 0 Å². The summed E-state index contributed by atoms with van der Waals surface area (Å²) in [6.07, 6.45) is 1.46. The lowest BCUT2D eigenvalue weighted by Crippen LogP contribution is -2.47. The van der Waals surface area contributed by atoms with Gasteiger partial charge in [-0.15, -0.1) is 24.8 Å². The summed E-state index contributed by atoms with van der Waals surface area (Å²) in [5.41, 5.74) is 7.06. The predicted molar refractivity (Wildman–Crippen MR) is 106 cm³/mol. The third kappa shape index (κ3) is 8.05. The number of amides is 2. The molecular formula is C17H28Cl2N4O2.